The van der Waals surface area contributed by atoms with Crippen LogP contribution in [0.5, 0.6) is 0 Å². The Bertz CT molecular complexity index is 167. The highest BCUT2D eigenvalue weighted by Crippen LogP contribution is 2.11. The van der Waals surface area contributed by atoms with Gasteiger partial charge in [-0.1, -0.05) is 6.92 Å². The molecule has 1 aliphatic heterocycles. The number of hydrogen-bond acceptors (Lipinski definition) is 4. The van der Waals surface area contributed by atoms with Gasteiger partial charge >= 0.3 is 5.97 Å². The quantitative estimate of drug-likeness (QED) is 0.525. The van der Waals surface area contributed by atoms with Crippen LogP contribution in [-0.4, -0.2) is 38.4 Å². The van der Waals surface area contributed by atoms with Gasteiger partial charge in [0.15, 0.2) is 0 Å². The first-order valence-electron chi connectivity index (χ1n) is 5.31. The molecular formula is C10H19NO3. The first-order valence-corrected chi connectivity index (χ1v) is 5.31. The molecule has 1 saturated heterocycles. The Labute approximate surface area is 85.0 Å². The average Bonchev–Trinajstić information content (AvgIpc) is 2.20. The number of esters is 1. The van der Waals surface area contributed by atoms with Crippen LogP contribution < -0.4 is 5.32 Å². The molecule has 4 nitrogen and oxygen atoms in total. The van der Waals surface area contributed by atoms with Crippen molar-refractivity contribution in [2.75, 3.05) is 26.3 Å². The highest BCUT2D eigenvalue weighted by Gasteiger charge is 2.17. The third-order valence-corrected chi connectivity index (χ3v) is 2.22. The van der Waals surface area contributed by atoms with Gasteiger partial charge in [-0.2, -0.15) is 0 Å². The van der Waals surface area contributed by atoms with Crippen LogP contribution in [0.1, 0.15) is 26.2 Å². The van der Waals surface area contributed by atoms with Crippen molar-refractivity contribution < 1.29 is 14.3 Å². The van der Waals surface area contributed by atoms with E-state index in [-0.39, 0.29) is 12.1 Å². The molecule has 1 fully saturated rings. The number of ether oxygens (including phenoxy) is 2. The second kappa shape index (κ2) is 6.79. The summed E-state index contributed by atoms with van der Waals surface area (Å²) in [7, 11) is 0. The Hall–Kier alpha value is -0.610. The van der Waals surface area contributed by atoms with Gasteiger partial charge in [0.2, 0.25) is 0 Å². The number of carbonyl (C=O) groups is 1. The standard InChI is InChI=1S/C10H19NO3/c1-2-11-6-3-10(12)14-9-4-7-13-8-5-9/h9,11H,2-8H2,1H3. The zero-order chi connectivity index (χ0) is 10.2. The van der Waals surface area contributed by atoms with Crippen molar-refractivity contribution in [3.05, 3.63) is 0 Å². The summed E-state index contributed by atoms with van der Waals surface area (Å²) in [5, 5.41) is 3.09. The lowest BCUT2D eigenvalue weighted by atomic mass is 10.1. The molecule has 0 aromatic rings. The first-order chi connectivity index (χ1) is 6.83. The fourth-order valence-corrected chi connectivity index (χ4v) is 1.41. The molecule has 0 atom stereocenters. The zero-order valence-electron chi connectivity index (χ0n) is 8.75. The van der Waals surface area contributed by atoms with Crippen LogP contribution in [0.2, 0.25) is 0 Å². The maximum Gasteiger partial charge on any atom is 0.307 e. The van der Waals surface area contributed by atoms with E-state index in [1.165, 1.54) is 0 Å². The molecule has 1 rings (SSSR count). The van der Waals surface area contributed by atoms with Gasteiger partial charge in [0.1, 0.15) is 6.10 Å². The van der Waals surface area contributed by atoms with Crippen molar-refractivity contribution >= 4 is 5.97 Å². The maximum absolute atomic E-state index is 11.3. The summed E-state index contributed by atoms with van der Waals surface area (Å²) in [6.45, 7) is 5.04. The van der Waals surface area contributed by atoms with Crippen molar-refractivity contribution in [3.63, 3.8) is 0 Å². The molecule has 4 heteroatoms. The average molecular weight is 201 g/mol. The van der Waals surface area contributed by atoms with Crippen LogP contribution >= 0.6 is 0 Å². The minimum absolute atomic E-state index is 0.0814. The van der Waals surface area contributed by atoms with Gasteiger partial charge in [-0.25, -0.2) is 0 Å². The van der Waals surface area contributed by atoms with E-state index in [9.17, 15) is 4.79 Å². The fourth-order valence-electron chi connectivity index (χ4n) is 1.41. The van der Waals surface area contributed by atoms with Crippen molar-refractivity contribution in [2.45, 2.75) is 32.3 Å². The third kappa shape index (κ3) is 4.58. The second-order valence-electron chi connectivity index (χ2n) is 3.41. The van der Waals surface area contributed by atoms with Crippen LogP contribution in [0.3, 0.4) is 0 Å². The van der Waals surface area contributed by atoms with Crippen molar-refractivity contribution in [3.8, 4) is 0 Å². The van der Waals surface area contributed by atoms with Gasteiger partial charge in [-0.15, -0.1) is 0 Å². The lowest BCUT2D eigenvalue weighted by Crippen LogP contribution is -2.27. The monoisotopic (exact) mass is 201 g/mol. The molecule has 1 N–H and O–H groups in total. The van der Waals surface area contributed by atoms with Crippen LogP contribution in [-0.2, 0) is 14.3 Å². The molecule has 0 bridgehead atoms. The molecule has 0 saturated carbocycles. The van der Waals surface area contributed by atoms with E-state index in [1.807, 2.05) is 6.92 Å². The van der Waals surface area contributed by atoms with E-state index in [0.29, 0.717) is 26.2 Å². The Morgan fingerprint density at radius 3 is 2.86 bits per heavy atom. The predicted octanol–water partition coefficient (Wildman–Crippen LogP) is 0.708. The molecule has 0 unspecified atom stereocenters. The number of rotatable bonds is 5. The maximum atomic E-state index is 11.3. The van der Waals surface area contributed by atoms with Crippen LogP contribution in [0, 0.1) is 0 Å². The van der Waals surface area contributed by atoms with Gasteiger partial charge in [-0.05, 0) is 6.54 Å². The summed E-state index contributed by atoms with van der Waals surface area (Å²) in [4.78, 5) is 11.3. The SMILES string of the molecule is CCNCCC(=O)OC1CCOCC1. The molecule has 0 aliphatic carbocycles. The second-order valence-corrected chi connectivity index (χ2v) is 3.41. The third-order valence-electron chi connectivity index (χ3n) is 2.22. The molecule has 14 heavy (non-hydrogen) atoms. The minimum atomic E-state index is -0.0992. The van der Waals surface area contributed by atoms with E-state index < -0.39 is 0 Å². The molecule has 1 aliphatic rings. The molecule has 0 aromatic heterocycles. The topological polar surface area (TPSA) is 47.6 Å². The van der Waals surface area contributed by atoms with Crippen molar-refractivity contribution in [1.82, 2.24) is 5.32 Å². The Balaban J connectivity index is 2.06. The Morgan fingerprint density at radius 1 is 1.50 bits per heavy atom. The van der Waals surface area contributed by atoms with Gasteiger partial charge in [0, 0.05) is 19.4 Å². The number of carbonyl (C=O) groups excluding carboxylic acids is 1. The largest absolute Gasteiger partial charge is 0.462 e. The summed E-state index contributed by atoms with van der Waals surface area (Å²) >= 11 is 0. The Morgan fingerprint density at radius 2 is 2.21 bits per heavy atom. The Kier molecular flexibility index (Phi) is 5.56. The molecule has 1 heterocycles. The van der Waals surface area contributed by atoms with Gasteiger partial charge in [0.25, 0.3) is 0 Å². The summed E-state index contributed by atoms with van der Waals surface area (Å²) < 4.78 is 10.5. The fraction of sp³-hybridized carbons (Fsp3) is 0.900. The first kappa shape index (κ1) is 11.5. The van der Waals surface area contributed by atoms with E-state index in [4.69, 9.17) is 9.47 Å². The predicted molar refractivity (Wildman–Crippen MR) is 53.1 cm³/mol. The van der Waals surface area contributed by atoms with Crippen molar-refractivity contribution in [2.24, 2.45) is 0 Å². The van der Waals surface area contributed by atoms with E-state index in [1.54, 1.807) is 0 Å². The highest BCUT2D eigenvalue weighted by molar-refractivity contribution is 5.69. The zero-order valence-corrected chi connectivity index (χ0v) is 8.75. The van der Waals surface area contributed by atoms with Gasteiger partial charge in [-0.3, -0.25) is 4.79 Å². The van der Waals surface area contributed by atoms with Crippen LogP contribution in [0.4, 0.5) is 0 Å². The summed E-state index contributed by atoms with van der Waals surface area (Å²) in [6.07, 6.45) is 2.23. The van der Waals surface area contributed by atoms with Gasteiger partial charge < -0.3 is 14.8 Å². The molecular weight excluding hydrogens is 182 g/mol. The summed E-state index contributed by atoms with van der Waals surface area (Å²) in [5.41, 5.74) is 0. The summed E-state index contributed by atoms with van der Waals surface area (Å²) in [6, 6.07) is 0. The van der Waals surface area contributed by atoms with Crippen LogP contribution in [0.25, 0.3) is 0 Å². The van der Waals surface area contributed by atoms with Crippen LogP contribution in [0.15, 0.2) is 0 Å². The number of nitrogens with one attached hydrogen (secondary N) is 1. The highest BCUT2D eigenvalue weighted by atomic mass is 16.5. The normalized spacial score (nSPS) is 18.1. The summed E-state index contributed by atoms with van der Waals surface area (Å²) in [5.74, 6) is -0.0992. The smallest absolute Gasteiger partial charge is 0.307 e. The molecule has 82 valence electrons. The van der Waals surface area contributed by atoms with E-state index in [2.05, 4.69) is 5.32 Å². The lowest BCUT2D eigenvalue weighted by molar-refractivity contribution is -0.152. The lowest BCUT2D eigenvalue weighted by Gasteiger charge is -2.22. The van der Waals surface area contributed by atoms with Gasteiger partial charge in [0.05, 0.1) is 19.6 Å². The van der Waals surface area contributed by atoms with E-state index >= 15 is 0 Å². The number of hydrogen-bond donors (Lipinski definition) is 1. The van der Waals surface area contributed by atoms with Crippen molar-refractivity contribution in [1.29, 1.82) is 0 Å². The molecule has 0 spiro atoms. The molecule has 0 aromatic carbocycles. The molecule has 0 radical (unpaired) electrons. The minimum Gasteiger partial charge on any atom is -0.462 e. The molecule has 0 amide bonds. The van der Waals surface area contributed by atoms with E-state index in [0.717, 1.165) is 19.4 Å².